The van der Waals surface area contributed by atoms with Crippen molar-refractivity contribution in [3.63, 3.8) is 0 Å². The van der Waals surface area contributed by atoms with E-state index in [1.807, 2.05) is 31.3 Å². The van der Waals surface area contributed by atoms with Gasteiger partial charge in [-0.1, -0.05) is 0 Å². The summed E-state index contributed by atoms with van der Waals surface area (Å²) in [5.74, 6) is 0.734. The molecule has 0 spiro atoms. The molecule has 2 aromatic heterocycles. The van der Waals surface area contributed by atoms with Crippen LogP contribution in [0.25, 0.3) is 5.57 Å². The molecule has 0 saturated carbocycles. The zero-order valence-corrected chi connectivity index (χ0v) is 23.1. The fourth-order valence-electron chi connectivity index (χ4n) is 5.56. The molecule has 1 saturated heterocycles. The van der Waals surface area contributed by atoms with Gasteiger partial charge in [-0.15, -0.1) is 0 Å². The van der Waals surface area contributed by atoms with Gasteiger partial charge in [-0.3, -0.25) is 9.59 Å². The summed E-state index contributed by atoms with van der Waals surface area (Å²) in [6.07, 6.45) is 8.79. The summed E-state index contributed by atoms with van der Waals surface area (Å²) in [5.41, 5.74) is 5.51. The number of hydrogen-bond acceptors (Lipinski definition) is 7. The molecule has 2 aromatic rings. The molecule has 2 aliphatic heterocycles. The van der Waals surface area contributed by atoms with E-state index in [1.54, 1.807) is 7.11 Å². The van der Waals surface area contributed by atoms with Crippen LogP contribution in [0.5, 0.6) is 0 Å². The summed E-state index contributed by atoms with van der Waals surface area (Å²) in [6, 6.07) is 6.38. The minimum Gasteiger partial charge on any atom is -0.380 e. The van der Waals surface area contributed by atoms with Gasteiger partial charge in [0.1, 0.15) is 5.82 Å². The highest BCUT2D eigenvalue weighted by molar-refractivity contribution is 6.00. The monoisotopic (exact) mass is 531 g/mol. The van der Waals surface area contributed by atoms with Crippen LogP contribution in [0.1, 0.15) is 42.7 Å². The molecule has 1 amide bonds. The van der Waals surface area contributed by atoms with E-state index in [9.17, 15) is 9.59 Å². The van der Waals surface area contributed by atoms with E-state index in [0.29, 0.717) is 31.0 Å². The molecule has 0 radical (unpaired) electrons. The smallest absolute Gasteiger partial charge is 0.253 e. The lowest BCUT2D eigenvalue weighted by Gasteiger charge is -2.34. The molecule has 206 valence electrons. The Labute approximate surface area is 229 Å². The van der Waals surface area contributed by atoms with Gasteiger partial charge in [0.25, 0.3) is 11.5 Å². The van der Waals surface area contributed by atoms with E-state index in [1.165, 1.54) is 0 Å². The number of aromatic nitrogens is 2. The van der Waals surface area contributed by atoms with Gasteiger partial charge in [0.15, 0.2) is 0 Å². The van der Waals surface area contributed by atoms with Gasteiger partial charge in [0, 0.05) is 62.0 Å². The third-order valence-electron chi connectivity index (χ3n) is 7.57. The lowest BCUT2D eigenvalue weighted by Crippen LogP contribution is -2.37. The van der Waals surface area contributed by atoms with Crippen molar-refractivity contribution < 1.29 is 14.3 Å². The van der Waals surface area contributed by atoms with E-state index >= 15 is 0 Å². The molecule has 2 N–H and O–H groups in total. The summed E-state index contributed by atoms with van der Waals surface area (Å²) in [4.78, 5) is 38.4. The number of aromatic amines is 1. The molecular formula is C30H37N5O4. The SMILES string of the molecule is COCc1cc(C)[nH]c(=O)c1CNC(=O)C1=C2C=CN(C(C)C)C2CC(c2ccc(N3CCOCC3)nc2)=C1. The molecule has 1 atom stereocenters. The van der Waals surface area contributed by atoms with E-state index < -0.39 is 0 Å². The second-order valence-corrected chi connectivity index (χ2v) is 10.5. The molecule has 1 aliphatic carbocycles. The van der Waals surface area contributed by atoms with Gasteiger partial charge in [-0.25, -0.2) is 4.98 Å². The van der Waals surface area contributed by atoms with Crippen LogP contribution in [0.4, 0.5) is 5.82 Å². The minimum absolute atomic E-state index is 0.0662. The van der Waals surface area contributed by atoms with Crippen molar-refractivity contribution in [3.8, 4) is 0 Å². The van der Waals surface area contributed by atoms with Crippen LogP contribution in [0.2, 0.25) is 0 Å². The van der Waals surface area contributed by atoms with Crippen LogP contribution >= 0.6 is 0 Å². The first-order valence-corrected chi connectivity index (χ1v) is 13.5. The second kappa shape index (κ2) is 11.6. The standard InChI is InChI=1S/C30H37N5O4/c1-19(2)35-8-7-24-25(29(36)32-17-26-23(18-38-4)13-20(3)33-30(26)37)14-22(15-27(24)35)21-5-6-28(31-16-21)34-9-11-39-12-10-34/h5-8,13-14,16,19,27H,9-12,15,17-18H2,1-4H3,(H,32,36)(H,33,37). The Bertz CT molecular complexity index is 1370. The third kappa shape index (κ3) is 5.69. The van der Waals surface area contributed by atoms with Gasteiger partial charge in [0.2, 0.25) is 0 Å². The maximum atomic E-state index is 13.6. The molecule has 9 nitrogen and oxygen atoms in total. The van der Waals surface area contributed by atoms with E-state index in [4.69, 9.17) is 14.5 Å². The van der Waals surface area contributed by atoms with Crippen molar-refractivity contribution in [2.24, 2.45) is 0 Å². The zero-order valence-electron chi connectivity index (χ0n) is 23.1. The number of pyridine rings is 2. The van der Waals surface area contributed by atoms with Gasteiger partial charge in [0.05, 0.1) is 25.9 Å². The first-order valence-electron chi connectivity index (χ1n) is 13.5. The number of nitrogens with zero attached hydrogens (tertiary/aromatic N) is 3. The number of anilines is 1. The number of methoxy groups -OCH3 is 1. The zero-order chi connectivity index (χ0) is 27.5. The van der Waals surface area contributed by atoms with Gasteiger partial charge >= 0.3 is 0 Å². The molecular weight excluding hydrogens is 494 g/mol. The Morgan fingerprint density at radius 2 is 2.08 bits per heavy atom. The van der Waals surface area contributed by atoms with Crippen molar-refractivity contribution in [1.29, 1.82) is 0 Å². The van der Waals surface area contributed by atoms with E-state index in [2.05, 4.69) is 52.3 Å². The van der Waals surface area contributed by atoms with Crippen molar-refractivity contribution >= 4 is 17.3 Å². The number of carbonyl (C=O) groups excluding carboxylic acids is 1. The lowest BCUT2D eigenvalue weighted by atomic mass is 9.85. The number of fused-ring (bicyclic) bond motifs is 1. The average Bonchev–Trinajstić information content (AvgIpc) is 3.37. The number of rotatable bonds is 8. The maximum absolute atomic E-state index is 13.6. The topological polar surface area (TPSA) is 99.8 Å². The van der Waals surface area contributed by atoms with Crippen molar-refractivity contribution in [2.75, 3.05) is 38.3 Å². The van der Waals surface area contributed by atoms with Crippen molar-refractivity contribution in [1.82, 2.24) is 20.2 Å². The minimum atomic E-state index is -0.212. The quantitative estimate of drug-likeness (QED) is 0.540. The number of ether oxygens (including phenoxy) is 2. The van der Waals surface area contributed by atoms with Crippen LogP contribution in [0, 0.1) is 6.92 Å². The number of aryl methyl sites for hydroxylation is 1. The van der Waals surface area contributed by atoms with Gasteiger partial charge in [-0.05, 0) is 79.8 Å². The fourth-order valence-corrected chi connectivity index (χ4v) is 5.56. The molecule has 9 heteroatoms. The summed E-state index contributed by atoms with van der Waals surface area (Å²) >= 11 is 0. The normalized spacial score (nSPS) is 19.0. The van der Waals surface area contributed by atoms with Gasteiger partial charge in [-0.2, -0.15) is 0 Å². The van der Waals surface area contributed by atoms with Crippen LogP contribution in [0.15, 0.2) is 58.7 Å². The van der Waals surface area contributed by atoms with Crippen LogP contribution < -0.4 is 15.8 Å². The number of H-pyrrole nitrogens is 1. The number of morpholine rings is 1. The highest BCUT2D eigenvalue weighted by Gasteiger charge is 2.34. The van der Waals surface area contributed by atoms with Gasteiger partial charge < -0.3 is 29.6 Å². The summed E-state index contributed by atoms with van der Waals surface area (Å²) in [5, 5.41) is 3.01. The predicted molar refractivity (Wildman–Crippen MR) is 151 cm³/mol. The van der Waals surface area contributed by atoms with Crippen LogP contribution in [-0.4, -0.2) is 66.3 Å². The number of amides is 1. The van der Waals surface area contributed by atoms with E-state index in [-0.39, 0.29) is 30.1 Å². The molecule has 1 fully saturated rings. The third-order valence-corrected chi connectivity index (χ3v) is 7.57. The number of hydrogen-bond donors (Lipinski definition) is 2. The first-order chi connectivity index (χ1) is 18.9. The average molecular weight is 532 g/mol. The highest BCUT2D eigenvalue weighted by atomic mass is 16.5. The largest absolute Gasteiger partial charge is 0.380 e. The molecule has 0 aromatic carbocycles. The van der Waals surface area contributed by atoms with E-state index in [0.717, 1.165) is 53.3 Å². The Kier molecular flexibility index (Phi) is 7.99. The lowest BCUT2D eigenvalue weighted by molar-refractivity contribution is -0.117. The summed E-state index contributed by atoms with van der Waals surface area (Å²) in [7, 11) is 1.59. The fraction of sp³-hybridized carbons (Fsp3) is 0.433. The molecule has 4 heterocycles. The van der Waals surface area contributed by atoms with Crippen molar-refractivity contribution in [2.45, 2.75) is 52.4 Å². The molecule has 5 rings (SSSR count). The molecule has 0 bridgehead atoms. The van der Waals surface area contributed by atoms with Crippen LogP contribution in [-0.2, 0) is 27.4 Å². The Morgan fingerprint density at radius 1 is 1.28 bits per heavy atom. The molecule has 1 unspecified atom stereocenters. The molecule has 3 aliphatic rings. The summed E-state index contributed by atoms with van der Waals surface area (Å²) < 4.78 is 10.8. The van der Waals surface area contributed by atoms with Crippen molar-refractivity contribution in [3.05, 3.63) is 86.6 Å². The summed E-state index contributed by atoms with van der Waals surface area (Å²) in [6.45, 7) is 9.65. The Morgan fingerprint density at radius 3 is 2.77 bits per heavy atom. The van der Waals surface area contributed by atoms with Crippen LogP contribution in [0.3, 0.4) is 0 Å². The molecule has 39 heavy (non-hydrogen) atoms. The Hall–Kier alpha value is -3.69. The Balaban J connectivity index is 1.42. The highest BCUT2D eigenvalue weighted by Crippen LogP contribution is 2.38. The first kappa shape index (κ1) is 26.9. The second-order valence-electron chi connectivity index (χ2n) is 10.5. The predicted octanol–water partition coefficient (Wildman–Crippen LogP) is 3.07. The number of carbonyl (C=O) groups is 1. The number of nitrogens with one attached hydrogen (secondary N) is 2. The maximum Gasteiger partial charge on any atom is 0.253 e.